The molecule has 1 unspecified atom stereocenters. The number of hydrogen-bond acceptors (Lipinski definition) is 2. The van der Waals surface area contributed by atoms with Gasteiger partial charge in [0.2, 0.25) is 5.91 Å². The van der Waals surface area contributed by atoms with Crippen LogP contribution in [0.1, 0.15) is 6.92 Å². The molecule has 0 aliphatic rings. The minimum Gasteiger partial charge on any atom is -0.383 e. The molecule has 1 heterocycles. The van der Waals surface area contributed by atoms with Gasteiger partial charge < -0.3 is 14.6 Å². The fourth-order valence-corrected chi connectivity index (χ4v) is 2.98. The number of carbonyl (C=O) groups excluding carboxylic acids is 1. The number of methoxy groups -OCH3 is 1. The van der Waals surface area contributed by atoms with Crippen LogP contribution >= 0.6 is 0 Å². The largest absolute Gasteiger partial charge is 0.383 e. The molecule has 0 fully saturated rings. The highest BCUT2D eigenvalue weighted by Gasteiger charge is 2.14. The number of rotatable bonds is 6. The molecular weight excluding hydrogens is 300 g/mol. The molecule has 0 aliphatic heterocycles. The second-order valence-electron chi connectivity index (χ2n) is 5.96. The zero-order valence-corrected chi connectivity index (χ0v) is 14.0. The summed E-state index contributed by atoms with van der Waals surface area (Å²) in [5.74, 6) is -0.0157. The molecule has 0 spiro atoms. The van der Waals surface area contributed by atoms with Crippen molar-refractivity contribution >= 4 is 16.8 Å². The van der Waals surface area contributed by atoms with Crippen LogP contribution in [0.15, 0.2) is 60.7 Å². The van der Waals surface area contributed by atoms with Gasteiger partial charge in [-0.05, 0) is 24.6 Å². The second kappa shape index (κ2) is 7.32. The van der Waals surface area contributed by atoms with E-state index in [-0.39, 0.29) is 18.5 Å². The maximum atomic E-state index is 12.4. The number of nitrogens with one attached hydrogen (secondary N) is 1. The quantitative estimate of drug-likeness (QED) is 0.755. The maximum Gasteiger partial charge on any atom is 0.240 e. The minimum atomic E-state index is -0.0157. The van der Waals surface area contributed by atoms with Gasteiger partial charge in [-0.1, -0.05) is 48.5 Å². The fraction of sp³-hybridized carbons (Fsp3) is 0.250. The summed E-state index contributed by atoms with van der Waals surface area (Å²) >= 11 is 0. The molecule has 2 aromatic carbocycles. The zero-order valence-electron chi connectivity index (χ0n) is 14.0. The molecule has 4 nitrogen and oxygen atoms in total. The number of fused-ring (bicyclic) bond motifs is 1. The van der Waals surface area contributed by atoms with Crippen LogP contribution in [0, 0.1) is 0 Å². The first-order chi connectivity index (χ1) is 11.7. The van der Waals surface area contributed by atoms with Crippen molar-refractivity contribution in [2.75, 3.05) is 13.7 Å². The van der Waals surface area contributed by atoms with E-state index in [0.29, 0.717) is 6.61 Å². The standard InChI is InChI=1S/C20H22N2O2/c1-15(14-24-2)21-20(23)13-22-18-11-7-6-10-17(18)12-19(22)16-8-4-3-5-9-16/h3-12,15H,13-14H2,1-2H3,(H,21,23). The van der Waals surface area contributed by atoms with Gasteiger partial charge in [0.05, 0.1) is 6.61 Å². The molecule has 0 bridgehead atoms. The number of hydrogen-bond donors (Lipinski definition) is 1. The first kappa shape index (κ1) is 16.3. The number of amides is 1. The number of ether oxygens (including phenoxy) is 1. The molecule has 1 aromatic heterocycles. The van der Waals surface area contributed by atoms with Gasteiger partial charge in [0, 0.05) is 29.7 Å². The van der Waals surface area contributed by atoms with Gasteiger partial charge in [-0.3, -0.25) is 4.79 Å². The lowest BCUT2D eigenvalue weighted by Crippen LogP contribution is -2.37. The van der Waals surface area contributed by atoms with Crippen LogP contribution < -0.4 is 5.32 Å². The third kappa shape index (κ3) is 3.49. The molecule has 0 aliphatic carbocycles. The molecule has 124 valence electrons. The Labute approximate surface area is 142 Å². The average molecular weight is 322 g/mol. The summed E-state index contributed by atoms with van der Waals surface area (Å²) < 4.78 is 7.15. The second-order valence-corrected chi connectivity index (χ2v) is 5.96. The normalized spacial score (nSPS) is 12.2. The number of aromatic nitrogens is 1. The summed E-state index contributed by atoms with van der Waals surface area (Å²) in [5, 5.41) is 4.11. The summed E-state index contributed by atoms with van der Waals surface area (Å²) in [7, 11) is 1.63. The van der Waals surface area contributed by atoms with Gasteiger partial charge in [0.1, 0.15) is 6.54 Å². The highest BCUT2D eigenvalue weighted by molar-refractivity contribution is 5.89. The van der Waals surface area contributed by atoms with Gasteiger partial charge in [0.25, 0.3) is 0 Å². The molecule has 0 saturated heterocycles. The Balaban J connectivity index is 1.95. The SMILES string of the molecule is COCC(C)NC(=O)Cn1c(-c2ccccc2)cc2ccccc21. The predicted molar refractivity (Wildman–Crippen MR) is 96.9 cm³/mol. The van der Waals surface area contributed by atoms with Crippen LogP contribution in [0.2, 0.25) is 0 Å². The highest BCUT2D eigenvalue weighted by Crippen LogP contribution is 2.28. The van der Waals surface area contributed by atoms with Crippen LogP contribution in [-0.4, -0.2) is 30.2 Å². The Morgan fingerprint density at radius 3 is 2.58 bits per heavy atom. The maximum absolute atomic E-state index is 12.4. The van der Waals surface area contributed by atoms with Crippen molar-refractivity contribution in [1.29, 1.82) is 0 Å². The molecule has 3 aromatic rings. The summed E-state index contributed by atoms with van der Waals surface area (Å²) in [5.41, 5.74) is 3.21. The Morgan fingerprint density at radius 2 is 1.83 bits per heavy atom. The molecule has 1 N–H and O–H groups in total. The van der Waals surface area contributed by atoms with E-state index in [2.05, 4.69) is 34.1 Å². The van der Waals surface area contributed by atoms with E-state index < -0.39 is 0 Å². The molecule has 0 saturated carbocycles. The van der Waals surface area contributed by atoms with Gasteiger partial charge in [-0.25, -0.2) is 0 Å². The third-order valence-electron chi connectivity index (χ3n) is 4.01. The minimum absolute atomic E-state index is 0.00972. The molecule has 0 radical (unpaired) electrons. The zero-order chi connectivity index (χ0) is 16.9. The van der Waals surface area contributed by atoms with E-state index in [1.807, 2.05) is 43.3 Å². The van der Waals surface area contributed by atoms with Crippen LogP contribution in [0.3, 0.4) is 0 Å². The van der Waals surface area contributed by atoms with Gasteiger partial charge in [-0.15, -0.1) is 0 Å². The summed E-state index contributed by atoms with van der Waals surface area (Å²) in [6, 6.07) is 20.4. The van der Waals surface area contributed by atoms with Crippen LogP contribution in [0.25, 0.3) is 22.2 Å². The lowest BCUT2D eigenvalue weighted by molar-refractivity contribution is -0.122. The van der Waals surface area contributed by atoms with Crippen LogP contribution in [-0.2, 0) is 16.1 Å². The Morgan fingerprint density at radius 1 is 1.12 bits per heavy atom. The van der Waals surface area contributed by atoms with E-state index >= 15 is 0 Å². The molecule has 1 atom stereocenters. The van der Waals surface area contributed by atoms with Crippen LogP contribution in [0.4, 0.5) is 0 Å². The van der Waals surface area contributed by atoms with Crippen LogP contribution in [0.5, 0.6) is 0 Å². The Kier molecular flexibility index (Phi) is 4.96. The van der Waals surface area contributed by atoms with Gasteiger partial charge >= 0.3 is 0 Å². The topological polar surface area (TPSA) is 43.3 Å². The molecule has 24 heavy (non-hydrogen) atoms. The van der Waals surface area contributed by atoms with Crippen molar-refractivity contribution in [3.05, 3.63) is 60.7 Å². The summed E-state index contributed by atoms with van der Waals surface area (Å²) in [6.07, 6.45) is 0. The van der Waals surface area contributed by atoms with Gasteiger partial charge in [0.15, 0.2) is 0 Å². The molecule has 4 heteroatoms. The third-order valence-corrected chi connectivity index (χ3v) is 4.01. The first-order valence-corrected chi connectivity index (χ1v) is 8.11. The predicted octanol–water partition coefficient (Wildman–Crippen LogP) is 3.46. The van der Waals surface area contributed by atoms with Crippen molar-refractivity contribution in [1.82, 2.24) is 9.88 Å². The monoisotopic (exact) mass is 322 g/mol. The molecule has 3 rings (SSSR count). The smallest absolute Gasteiger partial charge is 0.240 e. The number of para-hydroxylation sites is 1. The van der Waals surface area contributed by atoms with E-state index in [1.165, 1.54) is 0 Å². The Hall–Kier alpha value is -2.59. The van der Waals surface area contributed by atoms with E-state index in [4.69, 9.17) is 4.74 Å². The van der Waals surface area contributed by atoms with E-state index in [9.17, 15) is 4.79 Å². The summed E-state index contributed by atoms with van der Waals surface area (Å²) in [6.45, 7) is 2.72. The van der Waals surface area contributed by atoms with Crippen molar-refractivity contribution in [2.24, 2.45) is 0 Å². The van der Waals surface area contributed by atoms with Crippen molar-refractivity contribution in [3.8, 4) is 11.3 Å². The average Bonchev–Trinajstić information content (AvgIpc) is 2.94. The Bertz CT molecular complexity index is 824. The van der Waals surface area contributed by atoms with E-state index in [0.717, 1.165) is 22.2 Å². The van der Waals surface area contributed by atoms with E-state index in [1.54, 1.807) is 7.11 Å². The van der Waals surface area contributed by atoms with Crippen molar-refractivity contribution in [2.45, 2.75) is 19.5 Å². The van der Waals surface area contributed by atoms with Crippen molar-refractivity contribution < 1.29 is 9.53 Å². The lowest BCUT2D eigenvalue weighted by Gasteiger charge is -2.15. The first-order valence-electron chi connectivity index (χ1n) is 8.11. The van der Waals surface area contributed by atoms with Crippen molar-refractivity contribution in [3.63, 3.8) is 0 Å². The number of benzene rings is 2. The summed E-state index contributed by atoms with van der Waals surface area (Å²) in [4.78, 5) is 12.4. The number of carbonyl (C=O) groups is 1. The lowest BCUT2D eigenvalue weighted by atomic mass is 10.1. The fourth-order valence-electron chi connectivity index (χ4n) is 2.98. The van der Waals surface area contributed by atoms with Gasteiger partial charge in [-0.2, -0.15) is 0 Å². The highest BCUT2D eigenvalue weighted by atomic mass is 16.5. The number of nitrogens with zero attached hydrogens (tertiary/aromatic N) is 1. The molecule has 1 amide bonds. The molecular formula is C20H22N2O2.